The molecule has 0 aliphatic carbocycles. The number of hydrogen-bond acceptors (Lipinski definition) is 1. The first-order chi connectivity index (χ1) is 11.8. The van der Waals surface area contributed by atoms with Gasteiger partial charge in [0, 0.05) is 15.9 Å². The fourth-order valence-corrected chi connectivity index (χ4v) is 2.44. The molecule has 0 aliphatic heterocycles. The molecule has 1 nitrogen and oxygen atoms in total. The van der Waals surface area contributed by atoms with Crippen LogP contribution >= 0.6 is 0 Å². The molecule has 0 saturated heterocycles. The molecule has 0 spiro atoms. The Morgan fingerprint density at radius 1 is 0.909 bits per heavy atom. The van der Waals surface area contributed by atoms with Crippen molar-refractivity contribution in [1.29, 1.82) is 0 Å². The number of benzene rings is 2. The second kappa shape index (κ2) is 6.57. The van der Waals surface area contributed by atoms with Crippen LogP contribution in [0, 0.1) is 5.89 Å². The molecule has 2 aromatic carbocycles. The Morgan fingerprint density at radius 2 is 1.64 bits per heavy atom. The van der Waals surface area contributed by atoms with Crippen molar-refractivity contribution < 1.29 is 4.11 Å². The summed E-state index contributed by atoms with van der Waals surface area (Å²) < 4.78 is 24.8. The van der Waals surface area contributed by atoms with Crippen LogP contribution in [0.2, 0.25) is 0 Å². The molecule has 0 aliphatic rings. The minimum Gasteiger partial charge on any atom is -0.256 e. The molecule has 0 amide bonds. The lowest BCUT2D eigenvalue weighted by molar-refractivity contribution is 0.647. The van der Waals surface area contributed by atoms with Crippen molar-refractivity contribution in [3.05, 3.63) is 78.5 Å². The fourth-order valence-electron chi connectivity index (χ4n) is 2.44. The SMILES string of the molecule is [2H]C(C)(C)C([2H])([2H])c1cccc(-c2ccnc(-c3ccccc3)c2)c1. The van der Waals surface area contributed by atoms with Crippen LogP contribution in [-0.2, 0) is 6.37 Å². The topological polar surface area (TPSA) is 12.9 Å². The molecular formula is C21H21N. The predicted octanol–water partition coefficient (Wildman–Crippen LogP) is 5.61. The van der Waals surface area contributed by atoms with E-state index in [2.05, 4.69) is 4.98 Å². The van der Waals surface area contributed by atoms with E-state index >= 15 is 0 Å². The lowest BCUT2D eigenvalue weighted by Gasteiger charge is -2.09. The number of aromatic nitrogens is 1. The molecule has 0 unspecified atom stereocenters. The van der Waals surface area contributed by atoms with Gasteiger partial charge in [0.25, 0.3) is 0 Å². The molecular weight excluding hydrogens is 266 g/mol. The Bertz CT molecular complexity index is 868. The summed E-state index contributed by atoms with van der Waals surface area (Å²) in [5.41, 5.74) is 4.35. The monoisotopic (exact) mass is 290 g/mol. The highest BCUT2D eigenvalue weighted by molar-refractivity contribution is 5.70. The normalized spacial score (nSPS) is 14.0. The Morgan fingerprint density at radius 3 is 2.41 bits per heavy atom. The van der Waals surface area contributed by atoms with Crippen molar-refractivity contribution in [2.75, 3.05) is 0 Å². The molecule has 22 heavy (non-hydrogen) atoms. The number of pyridine rings is 1. The third-order valence-corrected chi connectivity index (χ3v) is 3.42. The van der Waals surface area contributed by atoms with Gasteiger partial charge in [-0.1, -0.05) is 68.4 Å². The molecule has 1 heterocycles. The van der Waals surface area contributed by atoms with Crippen LogP contribution in [0.15, 0.2) is 72.9 Å². The summed E-state index contributed by atoms with van der Waals surface area (Å²) in [7, 11) is 0. The molecule has 0 saturated carbocycles. The minimum absolute atomic E-state index is 0.517. The van der Waals surface area contributed by atoms with Crippen molar-refractivity contribution in [1.82, 2.24) is 4.98 Å². The second-order valence-electron chi connectivity index (χ2n) is 5.50. The Balaban J connectivity index is 2.03. The Kier molecular flexibility index (Phi) is 3.34. The molecule has 3 aromatic rings. The third-order valence-electron chi connectivity index (χ3n) is 3.42. The van der Waals surface area contributed by atoms with Gasteiger partial charge in [-0.25, -0.2) is 0 Å². The van der Waals surface area contributed by atoms with E-state index in [0.717, 1.165) is 22.4 Å². The maximum Gasteiger partial charge on any atom is 0.0708 e. The Labute approximate surface area is 136 Å². The zero-order valence-corrected chi connectivity index (χ0v) is 12.9. The molecule has 0 atom stereocenters. The quantitative estimate of drug-likeness (QED) is 0.608. The highest BCUT2D eigenvalue weighted by Crippen LogP contribution is 2.25. The van der Waals surface area contributed by atoms with Crippen LogP contribution in [0.5, 0.6) is 0 Å². The number of nitrogens with zero attached hydrogens (tertiary/aromatic N) is 1. The van der Waals surface area contributed by atoms with Crippen LogP contribution in [-0.4, -0.2) is 4.98 Å². The third kappa shape index (κ3) is 3.43. The molecule has 0 N–H and O–H groups in total. The summed E-state index contributed by atoms with van der Waals surface area (Å²) in [6, 6.07) is 21.3. The fraction of sp³-hybridized carbons (Fsp3) is 0.190. The van der Waals surface area contributed by atoms with Crippen molar-refractivity contribution in [3.8, 4) is 22.4 Å². The van der Waals surface area contributed by atoms with Crippen LogP contribution in [0.4, 0.5) is 0 Å². The van der Waals surface area contributed by atoms with Crippen LogP contribution < -0.4 is 0 Å². The first kappa shape index (κ1) is 11.2. The standard InChI is InChI=1S/C21H21N/c1-16(2)13-17-7-6-10-19(14-17)20-11-12-22-21(15-20)18-8-4-3-5-9-18/h3-12,14-16H,13H2,1-2H3/i13D2,16D. The maximum absolute atomic E-state index is 8.32. The molecule has 0 radical (unpaired) electrons. The highest BCUT2D eigenvalue weighted by atomic mass is 14.7. The van der Waals surface area contributed by atoms with Gasteiger partial charge in [-0.05, 0) is 41.1 Å². The highest BCUT2D eigenvalue weighted by Gasteiger charge is 2.04. The van der Waals surface area contributed by atoms with Gasteiger partial charge in [-0.15, -0.1) is 0 Å². The van der Waals surface area contributed by atoms with E-state index in [-0.39, 0.29) is 0 Å². The van der Waals surface area contributed by atoms with Crippen molar-refractivity contribution in [3.63, 3.8) is 0 Å². The van der Waals surface area contributed by atoms with Gasteiger partial charge in [-0.3, -0.25) is 4.98 Å². The average Bonchev–Trinajstić information content (AvgIpc) is 2.62. The molecule has 0 fully saturated rings. The lowest BCUT2D eigenvalue weighted by atomic mass is 9.97. The van der Waals surface area contributed by atoms with Gasteiger partial charge in [0.05, 0.1) is 5.69 Å². The number of hydrogen-bond donors (Lipinski definition) is 0. The maximum atomic E-state index is 8.32. The van der Waals surface area contributed by atoms with Gasteiger partial charge in [-0.2, -0.15) is 0 Å². The molecule has 0 bridgehead atoms. The Hall–Kier alpha value is -2.41. The molecule has 1 aromatic heterocycles. The van der Waals surface area contributed by atoms with Gasteiger partial charge < -0.3 is 0 Å². The second-order valence-corrected chi connectivity index (χ2v) is 5.50. The van der Waals surface area contributed by atoms with E-state index < -0.39 is 12.3 Å². The van der Waals surface area contributed by atoms with Crippen molar-refractivity contribution in [2.45, 2.75) is 20.2 Å². The zero-order valence-electron chi connectivity index (χ0n) is 15.9. The van der Waals surface area contributed by atoms with Crippen molar-refractivity contribution in [2.24, 2.45) is 5.89 Å². The van der Waals surface area contributed by atoms with Crippen LogP contribution in [0.3, 0.4) is 0 Å². The first-order valence-corrected chi connectivity index (χ1v) is 7.41. The largest absolute Gasteiger partial charge is 0.256 e. The minimum atomic E-state index is -1.74. The van der Waals surface area contributed by atoms with Gasteiger partial charge >= 0.3 is 0 Å². The van der Waals surface area contributed by atoms with Crippen molar-refractivity contribution >= 4 is 0 Å². The zero-order chi connectivity index (χ0) is 18.1. The smallest absolute Gasteiger partial charge is 0.0708 e. The molecule has 110 valence electrons. The van der Waals surface area contributed by atoms with E-state index in [1.165, 1.54) is 0 Å². The molecule has 1 heteroatoms. The first-order valence-electron chi connectivity index (χ1n) is 8.91. The van der Waals surface area contributed by atoms with E-state index in [9.17, 15) is 0 Å². The summed E-state index contributed by atoms with van der Waals surface area (Å²) >= 11 is 0. The van der Waals surface area contributed by atoms with Gasteiger partial charge in [0.15, 0.2) is 0 Å². The van der Waals surface area contributed by atoms with Crippen LogP contribution in [0.25, 0.3) is 22.4 Å². The molecule has 3 rings (SSSR count). The summed E-state index contributed by atoms with van der Waals surface area (Å²) in [6.07, 6.45) is 0.0334. The summed E-state index contributed by atoms with van der Waals surface area (Å²) in [5.74, 6) is -1.22. The number of rotatable bonds is 4. The lowest BCUT2D eigenvalue weighted by Crippen LogP contribution is -1.94. The average molecular weight is 290 g/mol. The van der Waals surface area contributed by atoms with E-state index in [4.69, 9.17) is 4.11 Å². The van der Waals surface area contributed by atoms with Crippen LogP contribution in [0.1, 0.15) is 23.5 Å². The van der Waals surface area contributed by atoms with Gasteiger partial charge in [0.2, 0.25) is 0 Å². The summed E-state index contributed by atoms with van der Waals surface area (Å²) in [5, 5.41) is 0. The summed E-state index contributed by atoms with van der Waals surface area (Å²) in [4.78, 5) is 4.44. The summed E-state index contributed by atoms with van der Waals surface area (Å²) in [6.45, 7) is 3.19. The predicted molar refractivity (Wildman–Crippen MR) is 93.7 cm³/mol. The van der Waals surface area contributed by atoms with Gasteiger partial charge in [0.1, 0.15) is 0 Å². The van der Waals surface area contributed by atoms with E-state index in [1.807, 2.05) is 60.7 Å². The van der Waals surface area contributed by atoms with E-state index in [1.54, 1.807) is 26.1 Å². The van der Waals surface area contributed by atoms with E-state index in [0.29, 0.717) is 5.56 Å².